The van der Waals surface area contributed by atoms with Gasteiger partial charge >= 0.3 is 0 Å². The van der Waals surface area contributed by atoms with Crippen LogP contribution in [0.1, 0.15) is 28.7 Å². The van der Waals surface area contributed by atoms with Gasteiger partial charge in [0, 0.05) is 16.8 Å². The zero-order chi connectivity index (χ0) is 18.3. The highest BCUT2D eigenvalue weighted by Crippen LogP contribution is 2.35. The van der Waals surface area contributed by atoms with E-state index in [-0.39, 0.29) is 16.7 Å². The van der Waals surface area contributed by atoms with Crippen molar-refractivity contribution in [3.63, 3.8) is 0 Å². The monoisotopic (exact) mass is 405 g/mol. The first-order chi connectivity index (χ1) is 12.5. The lowest BCUT2D eigenvalue weighted by Gasteiger charge is -2.13. The molecule has 3 aromatic rings. The van der Waals surface area contributed by atoms with E-state index in [1.54, 1.807) is 34.3 Å². The average molecular weight is 406 g/mol. The van der Waals surface area contributed by atoms with Crippen molar-refractivity contribution in [1.29, 1.82) is 0 Å². The van der Waals surface area contributed by atoms with Crippen LogP contribution in [0.25, 0.3) is 10.2 Å². The number of thioether (sulfide) groups is 1. The second-order valence-corrected chi connectivity index (χ2v) is 9.78. The van der Waals surface area contributed by atoms with Crippen LogP contribution < -0.4 is 10.9 Å². The molecular formula is C18H19N3O2S3. The number of rotatable bonds is 5. The number of carbonyl (C=O) groups excluding carboxylic acids is 1. The van der Waals surface area contributed by atoms with Gasteiger partial charge in [-0.15, -0.1) is 22.7 Å². The maximum absolute atomic E-state index is 12.8. The summed E-state index contributed by atoms with van der Waals surface area (Å²) in [7, 11) is 1.74. The van der Waals surface area contributed by atoms with Gasteiger partial charge in [-0.3, -0.25) is 14.2 Å². The molecule has 1 amide bonds. The van der Waals surface area contributed by atoms with E-state index in [9.17, 15) is 9.59 Å². The fourth-order valence-corrected chi connectivity index (χ4v) is 6.00. The number of hydrogen-bond acceptors (Lipinski definition) is 6. The molecule has 4 rings (SSSR count). The molecule has 3 aromatic heterocycles. The first-order valence-electron chi connectivity index (χ1n) is 8.52. The Bertz CT molecular complexity index is 1020. The maximum Gasteiger partial charge on any atom is 0.262 e. The van der Waals surface area contributed by atoms with E-state index < -0.39 is 0 Å². The van der Waals surface area contributed by atoms with E-state index in [0.717, 1.165) is 34.4 Å². The Morgan fingerprint density at radius 1 is 1.46 bits per heavy atom. The third-order valence-electron chi connectivity index (χ3n) is 4.57. The molecule has 1 unspecified atom stereocenters. The number of amides is 1. The van der Waals surface area contributed by atoms with Crippen molar-refractivity contribution >= 4 is 50.6 Å². The first kappa shape index (κ1) is 17.8. The molecule has 26 heavy (non-hydrogen) atoms. The number of aromatic nitrogens is 2. The minimum atomic E-state index is -0.322. The van der Waals surface area contributed by atoms with Gasteiger partial charge in [-0.2, -0.15) is 0 Å². The van der Waals surface area contributed by atoms with E-state index >= 15 is 0 Å². The number of fused-ring (bicyclic) bond motifs is 3. The van der Waals surface area contributed by atoms with Gasteiger partial charge in [0.05, 0.1) is 17.2 Å². The van der Waals surface area contributed by atoms with Crippen LogP contribution in [0.15, 0.2) is 27.5 Å². The largest absolute Gasteiger partial charge is 0.350 e. The smallest absolute Gasteiger partial charge is 0.262 e. The highest BCUT2D eigenvalue weighted by atomic mass is 32.2. The quantitative estimate of drug-likeness (QED) is 0.522. The molecule has 1 aliphatic carbocycles. The standard InChI is InChI=1S/C18H19N3O2S3/c1-10(15(22)19-9-11-5-4-8-24-11)25-18-20-16-14(17(23)21(18)2)12-6-3-7-13(12)26-16/h4-5,8,10H,3,6-7,9H2,1-2H3,(H,19,22). The fraction of sp³-hybridized carbons (Fsp3) is 0.389. The molecule has 0 spiro atoms. The van der Waals surface area contributed by atoms with Gasteiger partial charge in [0.15, 0.2) is 5.16 Å². The molecule has 0 saturated carbocycles. The van der Waals surface area contributed by atoms with Gasteiger partial charge in [0.25, 0.3) is 5.56 Å². The lowest BCUT2D eigenvalue weighted by molar-refractivity contribution is -0.120. The maximum atomic E-state index is 12.8. The van der Waals surface area contributed by atoms with Crippen LogP contribution in [0.3, 0.4) is 0 Å². The Hall–Kier alpha value is -1.64. The lowest BCUT2D eigenvalue weighted by atomic mass is 10.2. The number of nitrogens with one attached hydrogen (secondary N) is 1. The SMILES string of the molecule is CC(Sc1nc2sc3c(c2c(=O)n1C)CCC3)C(=O)NCc1cccs1. The van der Waals surface area contributed by atoms with Crippen LogP contribution in [-0.4, -0.2) is 20.7 Å². The molecule has 0 aliphatic heterocycles. The summed E-state index contributed by atoms with van der Waals surface area (Å²) in [6.07, 6.45) is 3.14. The van der Waals surface area contributed by atoms with Crippen molar-refractivity contribution in [1.82, 2.24) is 14.9 Å². The molecule has 0 bridgehead atoms. The van der Waals surface area contributed by atoms with Crippen LogP contribution in [0.2, 0.25) is 0 Å². The molecule has 0 fully saturated rings. The molecule has 0 saturated heterocycles. The van der Waals surface area contributed by atoms with Gasteiger partial charge in [0.1, 0.15) is 4.83 Å². The summed E-state index contributed by atoms with van der Waals surface area (Å²) < 4.78 is 1.58. The van der Waals surface area contributed by atoms with Crippen LogP contribution in [0, 0.1) is 0 Å². The second kappa shape index (κ2) is 7.17. The second-order valence-electron chi connectivity index (χ2n) is 6.35. The average Bonchev–Trinajstić information content (AvgIpc) is 3.34. The van der Waals surface area contributed by atoms with Gasteiger partial charge in [-0.05, 0) is 43.2 Å². The normalized spacial score (nSPS) is 14.5. The predicted octanol–water partition coefficient (Wildman–Crippen LogP) is 3.34. The fourth-order valence-electron chi connectivity index (χ4n) is 3.15. The van der Waals surface area contributed by atoms with Crippen LogP contribution in [0.4, 0.5) is 0 Å². The molecule has 1 aliphatic rings. The first-order valence-corrected chi connectivity index (χ1v) is 11.1. The van der Waals surface area contributed by atoms with E-state index in [1.165, 1.54) is 22.2 Å². The summed E-state index contributed by atoms with van der Waals surface area (Å²) >= 11 is 4.59. The van der Waals surface area contributed by atoms with Crippen molar-refractivity contribution in [2.75, 3.05) is 0 Å². The Balaban J connectivity index is 1.54. The summed E-state index contributed by atoms with van der Waals surface area (Å²) in [6.45, 7) is 2.38. The zero-order valence-electron chi connectivity index (χ0n) is 14.6. The molecule has 8 heteroatoms. The highest BCUT2D eigenvalue weighted by molar-refractivity contribution is 8.00. The Morgan fingerprint density at radius 2 is 2.31 bits per heavy atom. The summed E-state index contributed by atoms with van der Waals surface area (Å²) in [6, 6.07) is 3.97. The number of nitrogens with zero attached hydrogens (tertiary/aromatic N) is 2. The summed E-state index contributed by atoms with van der Waals surface area (Å²) in [5.41, 5.74) is 1.19. The predicted molar refractivity (Wildman–Crippen MR) is 108 cm³/mol. The van der Waals surface area contributed by atoms with Gasteiger partial charge in [-0.1, -0.05) is 17.8 Å². The van der Waals surface area contributed by atoms with E-state index in [0.29, 0.717) is 11.7 Å². The van der Waals surface area contributed by atoms with Crippen molar-refractivity contribution in [3.05, 3.63) is 43.2 Å². The van der Waals surface area contributed by atoms with Gasteiger partial charge < -0.3 is 5.32 Å². The molecule has 1 atom stereocenters. The molecule has 0 radical (unpaired) electrons. The molecular weight excluding hydrogens is 386 g/mol. The number of hydrogen-bond donors (Lipinski definition) is 1. The third kappa shape index (κ3) is 3.21. The summed E-state index contributed by atoms with van der Waals surface area (Å²) in [5, 5.41) is 6.00. The molecule has 136 valence electrons. The molecule has 5 nitrogen and oxygen atoms in total. The minimum absolute atomic E-state index is 0.00286. The number of thiophene rings is 2. The van der Waals surface area contributed by atoms with E-state index in [4.69, 9.17) is 4.98 Å². The third-order valence-corrected chi connectivity index (χ3v) is 7.78. The minimum Gasteiger partial charge on any atom is -0.350 e. The molecule has 1 N–H and O–H groups in total. The van der Waals surface area contributed by atoms with Crippen LogP contribution in [0.5, 0.6) is 0 Å². The van der Waals surface area contributed by atoms with Gasteiger partial charge in [-0.25, -0.2) is 4.98 Å². The Labute approximate surface area is 163 Å². The molecule has 0 aromatic carbocycles. The zero-order valence-corrected chi connectivity index (χ0v) is 17.0. The topological polar surface area (TPSA) is 64.0 Å². The van der Waals surface area contributed by atoms with Crippen LogP contribution >= 0.6 is 34.4 Å². The van der Waals surface area contributed by atoms with Gasteiger partial charge in [0.2, 0.25) is 5.91 Å². The summed E-state index contributed by atoms with van der Waals surface area (Å²) in [5.74, 6) is -0.0496. The van der Waals surface area contributed by atoms with Crippen molar-refractivity contribution in [3.8, 4) is 0 Å². The van der Waals surface area contributed by atoms with Crippen molar-refractivity contribution < 1.29 is 4.79 Å². The van der Waals surface area contributed by atoms with E-state index in [2.05, 4.69) is 5.32 Å². The Kier molecular flexibility index (Phi) is 4.90. The lowest BCUT2D eigenvalue weighted by Crippen LogP contribution is -2.31. The van der Waals surface area contributed by atoms with Crippen molar-refractivity contribution in [2.45, 2.75) is 43.1 Å². The molecule has 3 heterocycles. The highest BCUT2D eigenvalue weighted by Gasteiger charge is 2.24. The van der Waals surface area contributed by atoms with Crippen LogP contribution in [-0.2, 0) is 31.2 Å². The number of aryl methyl sites for hydroxylation is 2. The summed E-state index contributed by atoms with van der Waals surface area (Å²) in [4.78, 5) is 33.1. The number of carbonyl (C=O) groups is 1. The Morgan fingerprint density at radius 3 is 3.08 bits per heavy atom. The van der Waals surface area contributed by atoms with E-state index in [1.807, 2.05) is 24.4 Å². The van der Waals surface area contributed by atoms with Crippen molar-refractivity contribution in [2.24, 2.45) is 7.05 Å².